The number of hydrogen-bond donors (Lipinski definition) is 1. The van der Waals surface area contributed by atoms with Gasteiger partial charge in [0.25, 0.3) is 0 Å². The minimum Gasteiger partial charge on any atom is -0.465 e. The molecule has 0 aromatic carbocycles. The largest absolute Gasteiger partial charge is 0.465 e. The summed E-state index contributed by atoms with van der Waals surface area (Å²) in [4.78, 5) is 25.8. The van der Waals surface area contributed by atoms with Gasteiger partial charge in [0.1, 0.15) is 5.60 Å². The van der Waals surface area contributed by atoms with Gasteiger partial charge >= 0.3 is 11.9 Å². The second-order valence-electron chi connectivity index (χ2n) is 4.88. The molecule has 1 saturated heterocycles. The number of nitrogens with zero attached hydrogens (tertiary/aromatic N) is 1. The Balaban J connectivity index is 2.93. The van der Waals surface area contributed by atoms with Crippen molar-refractivity contribution in [1.82, 2.24) is 4.90 Å². The van der Waals surface area contributed by atoms with Crippen molar-refractivity contribution in [2.45, 2.75) is 32.3 Å². The van der Waals surface area contributed by atoms with Crippen molar-refractivity contribution in [3.8, 4) is 0 Å². The molecule has 1 fully saturated rings. The van der Waals surface area contributed by atoms with Crippen LogP contribution in [-0.2, 0) is 19.1 Å². The molecule has 1 atom stereocenters. The Bertz CT molecular complexity index is 315. The second kappa shape index (κ2) is 6.86. The number of rotatable bonds is 5. The van der Waals surface area contributed by atoms with E-state index < -0.39 is 23.5 Å². The minimum absolute atomic E-state index is 0.167. The number of carbonyl (C=O) groups is 2. The molecule has 0 aromatic rings. The van der Waals surface area contributed by atoms with Crippen LogP contribution in [0.3, 0.4) is 0 Å². The molecule has 0 bridgehead atoms. The summed E-state index contributed by atoms with van der Waals surface area (Å²) in [5.74, 6) is -2.69. The smallest absolute Gasteiger partial charge is 0.323 e. The van der Waals surface area contributed by atoms with Crippen molar-refractivity contribution in [3.05, 3.63) is 0 Å². The van der Waals surface area contributed by atoms with Gasteiger partial charge in [0, 0.05) is 6.54 Å². The van der Waals surface area contributed by atoms with E-state index in [4.69, 9.17) is 9.47 Å². The van der Waals surface area contributed by atoms with Gasteiger partial charge in [-0.05, 0) is 40.3 Å². The average molecular weight is 273 g/mol. The number of likely N-dealkylation sites (N-methyl/N-ethyl adjacent to an activating group) is 1. The van der Waals surface area contributed by atoms with E-state index in [2.05, 4.69) is 0 Å². The van der Waals surface area contributed by atoms with Crippen LogP contribution in [0.1, 0.15) is 26.7 Å². The summed E-state index contributed by atoms with van der Waals surface area (Å²) < 4.78 is 9.81. The van der Waals surface area contributed by atoms with Crippen LogP contribution < -0.4 is 0 Å². The molecule has 0 saturated carbocycles. The van der Waals surface area contributed by atoms with Gasteiger partial charge in [-0.2, -0.15) is 0 Å². The summed E-state index contributed by atoms with van der Waals surface area (Å²) in [7, 11) is 1.84. The molecular formula is C13H23NO5. The van der Waals surface area contributed by atoms with Crippen molar-refractivity contribution in [3.63, 3.8) is 0 Å². The second-order valence-corrected chi connectivity index (χ2v) is 4.88. The van der Waals surface area contributed by atoms with E-state index in [1.165, 1.54) is 0 Å². The van der Waals surface area contributed by atoms with Crippen LogP contribution in [0.15, 0.2) is 0 Å². The van der Waals surface area contributed by atoms with Crippen LogP contribution >= 0.6 is 0 Å². The van der Waals surface area contributed by atoms with Gasteiger partial charge in [-0.15, -0.1) is 0 Å². The van der Waals surface area contributed by atoms with Gasteiger partial charge in [-0.25, -0.2) is 0 Å². The highest BCUT2D eigenvalue weighted by molar-refractivity contribution is 5.96. The predicted molar refractivity (Wildman–Crippen MR) is 68.4 cm³/mol. The molecule has 19 heavy (non-hydrogen) atoms. The van der Waals surface area contributed by atoms with Crippen LogP contribution in [0.4, 0.5) is 0 Å². The molecule has 0 aliphatic carbocycles. The first kappa shape index (κ1) is 15.9. The molecule has 1 N–H and O–H groups in total. The van der Waals surface area contributed by atoms with Gasteiger partial charge in [0.05, 0.1) is 13.2 Å². The van der Waals surface area contributed by atoms with E-state index in [9.17, 15) is 14.7 Å². The van der Waals surface area contributed by atoms with E-state index in [1.54, 1.807) is 13.8 Å². The lowest BCUT2D eigenvalue weighted by atomic mass is 9.80. The first-order valence-electron chi connectivity index (χ1n) is 6.68. The lowest BCUT2D eigenvalue weighted by Gasteiger charge is -2.40. The van der Waals surface area contributed by atoms with E-state index in [1.807, 2.05) is 11.9 Å². The third-order valence-corrected chi connectivity index (χ3v) is 3.28. The van der Waals surface area contributed by atoms with E-state index >= 15 is 0 Å². The third kappa shape index (κ3) is 3.91. The van der Waals surface area contributed by atoms with Crippen molar-refractivity contribution in [1.29, 1.82) is 0 Å². The number of carbonyl (C=O) groups excluding carboxylic acids is 2. The Hall–Kier alpha value is -1.14. The Kier molecular flexibility index (Phi) is 5.75. The van der Waals surface area contributed by atoms with Gasteiger partial charge in [-0.1, -0.05) is 0 Å². The number of likely N-dealkylation sites (tertiary alicyclic amines) is 1. The summed E-state index contributed by atoms with van der Waals surface area (Å²) in [5.41, 5.74) is -1.41. The number of hydrogen-bond acceptors (Lipinski definition) is 6. The summed E-state index contributed by atoms with van der Waals surface area (Å²) in [6.45, 7) is 4.76. The number of piperidine rings is 1. The topological polar surface area (TPSA) is 76.1 Å². The standard InChI is InChI=1S/C13H23NO5/c1-4-18-11(15)10(12(16)19-5-2)13(17)7-6-8-14(3)9-13/h10,17H,4-9H2,1-3H3. The van der Waals surface area contributed by atoms with E-state index in [-0.39, 0.29) is 19.8 Å². The number of esters is 2. The third-order valence-electron chi connectivity index (χ3n) is 3.28. The Morgan fingerprint density at radius 2 is 1.79 bits per heavy atom. The molecule has 0 aromatic heterocycles. The highest BCUT2D eigenvalue weighted by Crippen LogP contribution is 2.30. The Morgan fingerprint density at radius 3 is 2.21 bits per heavy atom. The van der Waals surface area contributed by atoms with Crippen molar-refractivity contribution < 1.29 is 24.2 Å². The zero-order chi connectivity index (χ0) is 14.5. The first-order chi connectivity index (χ1) is 8.94. The average Bonchev–Trinajstić information content (AvgIpc) is 2.28. The monoisotopic (exact) mass is 273 g/mol. The SMILES string of the molecule is CCOC(=O)C(C(=O)OCC)C1(O)CCCN(C)C1. The fourth-order valence-corrected chi connectivity index (χ4v) is 2.50. The normalized spacial score (nSPS) is 24.3. The number of β-amino-alcohol motifs (C(OH)–C–C–N with tert-alkyl or cyclic N) is 1. The van der Waals surface area contributed by atoms with Crippen molar-refractivity contribution in [2.75, 3.05) is 33.4 Å². The van der Waals surface area contributed by atoms with Crippen LogP contribution in [0, 0.1) is 5.92 Å². The molecule has 1 unspecified atom stereocenters. The van der Waals surface area contributed by atoms with Crippen LogP contribution in [-0.4, -0.2) is 60.9 Å². The maximum absolute atomic E-state index is 12.0. The van der Waals surface area contributed by atoms with Crippen LogP contribution in [0.5, 0.6) is 0 Å². The number of aliphatic hydroxyl groups is 1. The first-order valence-corrected chi connectivity index (χ1v) is 6.68. The molecule has 1 aliphatic rings. The summed E-state index contributed by atoms with van der Waals surface area (Å²) in [5, 5.41) is 10.7. The quantitative estimate of drug-likeness (QED) is 0.569. The van der Waals surface area contributed by atoms with Crippen LogP contribution in [0.2, 0.25) is 0 Å². The van der Waals surface area contributed by atoms with Gasteiger partial charge in [-0.3, -0.25) is 9.59 Å². The highest BCUT2D eigenvalue weighted by Gasteiger charge is 2.49. The molecule has 1 rings (SSSR count). The maximum Gasteiger partial charge on any atom is 0.323 e. The molecular weight excluding hydrogens is 250 g/mol. The molecule has 1 aliphatic heterocycles. The lowest BCUT2D eigenvalue weighted by Crippen LogP contribution is -2.56. The maximum atomic E-state index is 12.0. The van der Waals surface area contributed by atoms with Crippen LogP contribution in [0.25, 0.3) is 0 Å². The molecule has 1 heterocycles. The van der Waals surface area contributed by atoms with Crippen molar-refractivity contribution >= 4 is 11.9 Å². The number of ether oxygens (including phenoxy) is 2. The van der Waals surface area contributed by atoms with Crippen molar-refractivity contribution in [2.24, 2.45) is 5.92 Å². The molecule has 0 amide bonds. The fourth-order valence-electron chi connectivity index (χ4n) is 2.50. The molecule has 0 spiro atoms. The van der Waals surface area contributed by atoms with Gasteiger partial charge in [0.2, 0.25) is 0 Å². The van der Waals surface area contributed by atoms with E-state index in [0.717, 1.165) is 13.0 Å². The summed E-state index contributed by atoms with van der Waals surface area (Å²) in [6.07, 6.45) is 1.11. The lowest BCUT2D eigenvalue weighted by molar-refractivity contribution is -0.178. The Morgan fingerprint density at radius 1 is 1.26 bits per heavy atom. The fraction of sp³-hybridized carbons (Fsp3) is 0.846. The van der Waals surface area contributed by atoms with E-state index in [0.29, 0.717) is 6.42 Å². The molecule has 110 valence electrons. The Labute approximate surface area is 113 Å². The minimum atomic E-state index is -1.41. The zero-order valence-corrected chi connectivity index (χ0v) is 11.8. The van der Waals surface area contributed by atoms with Gasteiger partial charge in [0.15, 0.2) is 5.92 Å². The summed E-state index contributed by atoms with van der Waals surface area (Å²) in [6, 6.07) is 0. The zero-order valence-electron chi connectivity index (χ0n) is 11.8. The predicted octanol–water partition coefficient (Wildman–Crippen LogP) is 0.185. The van der Waals surface area contributed by atoms with Gasteiger partial charge < -0.3 is 19.5 Å². The summed E-state index contributed by atoms with van der Waals surface area (Å²) >= 11 is 0. The highest BCUT2D eigenvalue weighted by atomic mass is 16.6. The molecule has 6 heteroatoms. The molecule has 0 radical (unpaired) electrons. The molecule has 6 nitrogen and oxygen atoms in total.